The molecule has 4 aromatic carbocycles. The van der Waals surface area contributed by atoms with Gasteiger partial charge in [-0.1, -0.05) is 47.0 Å². The maximum Gasteiger partial charge on any atom is 0.417 e. The Labute approximate surface area is 391 Å². The molecule has 2 saturated heterocycles. The van der Waals surface area contributed by atoms with E-state index in [1.807, 2.05) is 43.3 Å². The molecule has 3 fully saturated rings. The number of fused-ring (bicyclic) bond motifs is 4. The summed E-state index contributed by atoms with van der Waals surface area (Å²) in [5, 5.41) is 21.1. The summed E-state index contributed by atoms with van der Waals surface area (Å²) in [6.07, 6.45) is -2.58. The standard InChI is InChI=1S/C48H40Cl2F3N7O7/c1-58(2)29-13-9-27(10-14-29)55-56-28-11-15-30(16-12-28)59-43(62)33-18-17-32-34(39(33)45(59)64)22-35-44(63)60(57-42-36(50)19-25(23-54-42)48(51,52)53)46(65)47(35,24-5-7-26(49)8-6-24)41(32)40-37(61)20-31(66-3)21-38(40)67-4/h5-17,19-21,23,33-35,39,41,61H,18,22H2,1-4H3,(H,54,57). The average molecular weight is 955 g/mol. The minimum Gasteiger partial charge on any atom is -0.507 e. The molecule has 3 heterocycles. The van der Waals surface area contributed by atoms with Gasteiger partial charge in [-0.15, -0.1) is 0 Å². The van der Waals surface area contributed by atoms with Crippen molar-refractivity contribution in [3.63, 3.8) is 0 Å². The number of carbonyl (C=O) groups excluding carboxylic acids is 4. The molecule has 1 aromatic heterocycles. The Hall–Kier alpha value is -6.98. The summed E-state index contributed by atoms with van der Waals surface area (Å²) in [7, 11) is 6.61. The highest BCUT2D eigenvalue weighted by molar-refractivity contribution is 6.33. The third kappa shape index (κ3) is 7.49. The molecule has 9 rings (SSSR count). The third-order valence-electron chi connectivity index (χ3n) is 13.2. The average Bonchev–Trinajstić information content (AvgIpc) is 3.69. The number of nitrogens with zero attached hydrogens (tertiary/aromatic N) is 6. The molecular formula is C48H40Cl2F3N7O7. The first kappa shape index (κ1) is 45.2. The molecule has 4 amide bonds. The summed E-state index contributed by atoms with van der Waals surface area (Å²) in [6, 6.07) is 23.6. The van der Waals surface area contributed by atoms with Gasteiger partial charge in [0, 0.05) is 54.6 Å². The van der Waals surface area contributed by atoms with Gasteiger partial charge in [0.1, 0.15) is 17.2 Å². The van der Waals surface area contributed by atoms with Crippen LogP contribution in [0.1, 0.15) is 35.4 Å². The van der Waals surface area contributed by atoms with Crippen LogP contribution in [0, 0.1) is 23.7 Å². The van der Waals surface area contributed by atoms with Crippen LogP contribution in [0.5, 0.6) is 17.2 Å². The number of phenolic OH excluding ortho intramolecular Hbond substituents is 1. The van der Waals surface area contributed by atoms with Crippen molar-refractivity contribution < 1.29 is 46.9 Å². The number of pyridine rings is 1. The molecule has 1 saturated carbocycles. The number of aromatic hydroxyl groups is 1. The SMILES string of the molecule is COc1cc(O)c(C2C3=CCC4C(=O)N(c5ccc(N=Nc6ccc(N(C)C)cc6)cc5)C(=O)C4C3CC3C(=O)N(Nc4ncc(C(F)(F)F)cc4Cl)C(=O)C32c2ccc(Cl)cc2)c(OC)c1. The number of hydrogen-bond donors (Lipinski definition) is 2. The van der Waals surface area contributed by atoms with Gasteiger partial charge in [-0.2, -0.15) is 28.4 Å². The van der Waals surface area contributed by atoms with Gasteiger partial charge in [-0.05, 0) is 91.1 Å². The highest BCUT2D eigenvalue weighted by atomic mass is 35.5. The zero-order valence-electron chi connectivity index (χ0n) is 36.1. The first-order valence-corrected chi connectivity index (χ1v) is 21.7. The summed E-state index contributed by atoms with van der Waals surface area (Å²) in [6.45, 7) is 0. The lowest BCUT2D eigenvalue weighted by atomic mass is 9.49. The molecule has 6 unspecified atom stereocenters. The number of alkyl halides is 3. The molecule has 2 aliphatic heterocycles. The zero-order valence-corrected chi connectivity index (χ0v) is 37.6. The highest BCUT2D eigenvalue weighted by Gasteiger charge is 2.71. The first-order valence-electron chi connectivity index (χ1n) is 20.9. The molecule has 6 atom stereocenters. The van der Waals surface area contributed by atoms with Gasteiger partial charge in [0.15, 0.2) is 5.82 Å². The molecule has 0 radical (unpaired) electrons. The normalized spacial score (nSPS) is 23.5. The number of allylic oxidation sites excluding steroid dienone is 2. The highest BCUT2D eigenvalue weighted by Crippen LogP contribution is 2.66. The second-order valence-electron chi connectivity index (χ2n) is 16.8. The number of anilines is 3. The van der Waals surface area contributed by atoms with Crippen LogP contribution in [-0.2, 0) is 30.8 Å². The number of amides is 4. The van der Waals surface area contributed by atoms with Crippen LogP contribution in [0.4, 0.5) is 41.7 Å². The second-order valence-corrected chi connectivity index (χ2v) is 17.7. The van der Waals surface area contributed by atoms with Crippen LogP contribution in [-0.4, -0.2) is 67.0 Å². The number of hydrogen-bond acceptors (Lipinski definition) is 12. The van der Waals surface area contributed by atoms with Gasteiger partial charge < -0.3 is 19.5 Å². The van der Waals surface area contributed by atoms with Crippen LogP contribution in [0.2, 0.25) is 10.0 Å². The van der Waals surface area contributed by atoms with Crippen LogP contribution in [0.15, 0.2) is 119 Å². The van der Waals surface area contributed by atoms with Crippen molar-refractivity contribution in [1.82, 2.24) is 9.99 Å². The van der Waals surface area contributed by atoms with Gasteiger partial charge in [0.05, 0.1) is 65.0 Å². The van der Waals surface area contributed by atoms with Gasteiger partial charge in [0.2, 0.25) is 11.8 Å². The number of phenols is 1. The van der Waals surface area contributed by atoms with Crippen molar-refractivity contribution in [2.45, 2.75) is 30.4 Å². The topological polar surface area (TPSA) is 166 Å². The van der Waals surface area contributed by atoms with Crippen molar-refractivity contribution in [1.29, 1.82) is 0 Å². The smallest absolute Gasteiger partial charge is 0.417 e. The summed E-state index contributed by atoms with van der Waals surface area (Å²) in [5.74, 6) is -8.54. The second kappa shape index (κ2) is 17.0. The monoisotopic (exact) mass is 953 g/mol. The first-order chi connectivity index (χ1) is 32.0. The van der Waals surface area contributed by atoms with Gasteiger partial charge in [-0.25, -0.2) is 4.98 Å². The largest absolute Gasteiger partial charge is 0.507 e. The number of azo groups is 1. The van der Waals surface area contributed by atoms with E-state index in [1.54, 1.807) is 42.5 Å². The van der Waals surface area contributed by atoms with Crippen molar-refractivity contribution in [2.75, 3.05) is 43.5 Å². The van der Waals surface area contributed by atoms with E-state index in [9.17, 15) is 27.9 Å². The Kier molecular flexibility index (Phi) is 11.5. The van der Waals surface area contributed by atoms with Crippen LogP contribution >= 0.6 is 23.2 Å². The van der Waals surface area contributed by atoms with E-state index < -0.39 is 81.2 Å². The number of methoxy groups -OCH3 is 2. The lowest BCUT2D eigenvalue weighted by Crippen LogP contribution is -2.53. The summed E-state index contributed by atoms with van der Waals surface area (Å²) in [5.41, 5.74) is 2.75. The summed E-state index contributed by atoms with van der Waals surface area (Å²) >= 11 is 12.7. The maximum atomic E-state index is 15.6. The molecule has 5 aromatic rings. The van der Waals surface area contributed by atoms with E-state index in [4.69, 9.17) is 32.7 Å². The van der Waals surface area contributed by atoms with E-state index in [-0.39, 0.29) is 41.2 Å². The van der Waals surface area contributed by atoms with Gasteiger partial charge >= 0.3 is 6.18 Å². The zero-order chi connectivity index (χ0) is 47.7. The van der Waals surface area contributed by atoms with E-state index in [0.29, 0.717) is 44.9 Å². The van der Waals surface area contributed by atoms with E-state index in [0.717, 1.165) is 10.6 Å². The number of rotatable bonds is 10. The van der Waals surface area contributed by atoms with E-state index in [2.05, 4.69) is 20.6 Å². The number of aromatic nitrogens is 1. The van der Waals surface area contributed by atoms with E-state index >= 15 is 9.59 Å². The van der Waals surface area contributed by atoms with Crippen molar-refractivity contribution in [2.24, 2.45) is 33.9 Å². The van der Waals surface area contributed by atoms with Gasteiger partial charge in [0.25, 0.3) is 11.8 Å². The Morgan fingerprint density at radius 2 is 1.51 bits per heavy atom. The molecule has 2 aliphatic carbocycles. The Balaban J connectivity index is 1.14. The number of benzene rings is 4. The number of imide groups is 2. The predicted molar refractivity (Wildman–Crippen MR) is 242 cm³/mol. The Bertz CT molecular complexity index is 2900. The fourth-order valence-corrected chi connectivity index (χ4v) is 10.5. The van der Waals surface area contributed by atoms with Crippen LogP contribution in [0.25, 0.3) is 0 Å². The lowest BCUT2D eigenvalue weighted by Gasteiger charge is -2.50. The molecule has 344 valence electrons. The Morgan fingerprint density at radius 1 is 0.851 bits per heavy atom. The molecule has 19 heteroatoms. The van der Waals surface area contributed by atoms with Crippen LogP contribution < -0.4 is 24.7 Å². The molecule has 14 nitrogen and oxygen atoms in total. The molecule has 0 bridgehead atoms. The number of carbonyl (C=O) groups is 4. The quantitative estimate of drug-likeness (QED) is 0.0782. The molecular weight excluding hydrogens is 914 g/mol. The number of hydrazine groups is 1. The lowest BCUT2D eigenvalue weighted by molar-refractivity contribution is -0.139. The third-order valence-corrected chi connectivity index (χ3v) is 13.7. The van der Waals surface area contributed by atoms with Crippen molar-refractivity contribution in [3.05, 3.63) is 136 Å². The molecule has 0 spiro atoms. The fourth-order valence-electron chi connectivity index (χ4n) is 10.1. The van der Waals surface area contributed by atoms with Crippen molar-refractivity contribution >= 4 is 75.4 Å². The molecule has 2 N–H and O–H groups in total. The minimum absolute atomic E-state index is 0.0583. The van der Waals surface area contributed by atoms with Gasteiger partial charge in [-0.3, -0.25) is 29.5 Å². The predicted octanol–water partition coefficient (Wildman–Crippen LogP) is 9.80. The van der Waals surface area contributed by atoms with Crippen molar-refractivity contribution in [3.8, 4) is 17.2 Å². The maximum absolute atomic E-state index is 15.6. The summed E-state index contributed by atoms with van der Waals surface area (Å²) < 4.78 is 52.2. The molecule has 67 heavy (non-hydrogen) atoms. The molecule has 4 aliphatic rings. The summed E-state index contributed by atoms with van der Waals surface area (Å²) in [4.78, 5) is 67.0. The number of nitrogens with one attached hydrogen (secondary N) is 1. The minimum atomic E-state index is -4.79. The number of ether oxygens (including phenoxy) is 2. The Morgan fingerprint density at radius 3 is 2.10 bits per heavy atom. The van der Waals surface area contributed by atoms with Crippen LogP contribution in [0.3, 0.4) is 0 Å². The number of halogens is 5. The fraction of sp³-hybridized carbons (Fsp3) is 0.271. The van der Waals surface area contributed by atoms with E-state index in [1.165, 1.54) is 38.5 Å².